The molecule has 1 aromatic heterocycles. The molecule has 0 amide bonds. The predicted molar refractivity (Wildman–Crippen MR) is 63.6 cm³/mol. The number of hydrogen-bond acceptors (Lipinski definition) is 3. The predicted octanol–water partition coefficient (Wildman–Crippen LogP) is 2.89. The molecule has 3 nitrogen and oxygen atoms in total. The van der Waals surface area contributed by atoms with E-state index in [1.807, 2.05) is 12.3 Å². The number of aliphatic carboxylic acids is 1. The zero-order valence-electron chi connectivity index (χ0n) is 9.69. The zero-order valence-corrected chi connectivity index (χ0v) is 10.5. The van der Waals surface area contributed by atoms with Gasteiger partial charge in [0.1, 0.15) is 0 Å². The normalized spacial score (nSPS) is 29.5. The van der Waals surface area contributed by atoms with Gasteiger partial charge in [0, 0.05) is 17.5 Å². The second kappa shape index (κ2) is 4.17. The summed E-state index contributed by atoms with van der Waals surface area (Å²) in [6.45, 7) is 4.09. The number of carboxylic acids is 1. The Bertz CT molecular complexity index is 401. The molecule has 2 atom stereocenters. The first kappa shape index (κ1) is 11.6. The molecule has 1 heterocycles. The molecular formula is C12H17NO2S. The van der Waals surface area contributed by atoms with Crippen molar-refractivity contribution in [3.8, 4) is 0 Å². The number of carboxylic acid groups (broad SMARTS) is 1. The van der Waals surface area contributed by atoms with Crippen LogP contribution >= 0.6 is 11.3 Å². The van der Waals surface area contributed by atoms with Gasteiger partial charge in [-0.1, -0.05) is 6.92 Å². The maximum atomic E-state index is 11.5. The molecule has 1 aliphatic carbocycles. The summed E-state index contributed by atoms with van der Waals surface area (Å²) >= 11 is 1.58. The third-order valence-corrected chi connectivity index (χ3v) is 4.43. The Morgan fingerprint density at radius 2 is 2.50 bits per heavy atom. The number of hydrogen-bond donors (Lipinski definition) is 1. The van der Waals surface area contributed by atoms with E-state index in [0.29, 0.717) is 12.3 Å². The van der Waals surface area contributed by atoms with E-state index in [1.54, 1.807) is 11.3 Å². The molecule has 0 radical (unpaired) electrons. The monoisotopic (exact) mass is 239 g/mol. The number of aromatic nitrogens is 1. The third-order valence-electron chi connectivity index (χ3n) is 3.46. The Kier molecular flexibility index (Phi) is 3.02. The molecule has 1 N–H and O–H groups in total. The number of rotatable bonds is 3. The summed E-state index contributed by atoms with van der Waals surface area (Å²) in [6.07, 6.45) is 3.21. The van der Waals surface area contributed by atoms with Crippen molar-refractivity contribution in [2.24, 2.45) is 11.3 Å². The smallest absolute Gasteiger partial charge is 0.310 e. The highest BCUT2D eigenvalue weighted by molar-refractivity contribution is 7.09. The van der Waals surface area contributed by atoms with Crippen LogP contribution in [-0.4, -0.2) is 16.1 Å². The molecule has 4 heteroatoms. The molecular weight excluding hydrogens is 222 g/mol. The molecule has 1 saturated carbocycles. The van der Waals surface area contributed by atoms with E-state index in [1.165, 1.54) is 0 Å². The van der Waals surface area contributed by atoms with Crippen LogP contribution in [0.2, 0.25) is 0 Å². The average Bonchev–Trinajstić information content (AvgIpc) is 2.75. The van der Waals surface area contributed by atoms with Gasteiger partial charge in [0.25, 0.3) is 0 Å². The second-order valence-corrected chi connectivity index (χ2v) is 5.94. The van der Waals surface area contributed by atoms with Crippen LogP contribution in [0.4, 0.5) is 0 Å². The SMILES string of the molecule is Cc1csc(CC2(C(=O)O)CCC(C)C2)n1. The highest BCUT2D eigenvalue weighted by Gasteiger charge is 2.44. The van der Waals surface area contributed by atoms with Crippen molar-refractivity contribution in [2.45, 2.75) is 39.5 Å². The molecule has 2 rings (SSSR count). The molecule has 0 aromatic carbocycles. The highest BCUT2D eigenvalue weighted by Crippen LogP contribution is 2.44. The number of aryl methyl sites for hydroxylation is 1. The second-order valence-electron chi connectivity index (χ2n) is 4.99. The van der Waals surface area contributed by atoms with E-state index in [0.717, 1.165) is 30.0 Å². The Hall–Kier alpha value is -0.900. The van der Waals surface area contributed by atoms with E-state index in [4.69, 9.17) is 0 Å². The van der Waals surface area contributed by atoms with E-state index >= 15 is 0 Å². The largest absolute Gasteiger partial charge is 0.481 e. The summed E-state index contributed by atoms with van der Waals surface area (Å²) < 4.78 is 0. The maximum absolute atomic E-state index is 11.5. The van der Waals surface area contributed by atoms with Gasteiger partial charge in [-0.05, 0) is 32.1 Å². The van der Waals surface area contributed by atoms with E-state index in [9.17, 15) is 9.90 Å². The summed E-state index contributed by atoms with van der Waals surface area (Å²) in [4.78, 5) is 15.8. The van der Waals surface area contributed by atoms with Crippen LogP contribution in [0.3, 0.4) is 0 Å². The Balaban J connectivity index is 2.18. The van der Waals surface area contributed by atoms with Crippen LogP contribution < -0.4 is 0 Å². The molecule has 1 aliphatic rings. The summed E-state index contributed by atoms with van der Waals surface area (Å²) in [5.74, 6) is -0.123. The fourth-order valence-corrected chi connectivity index (χ4v) is 3.51. The third kappa shape index (κ3) is 2.12. The minimum Gasteiger partial charge on any atom is -0.481 e. The van der Waals surface area contributed by atoms with Crippen molar-refractivity contribution in [2.75, 3.05) is 0 Å². The quantitative estimate of drug-likeness (QED) is 0.882. The number of nitrogens with zero attached hydrogens (tertiary/aromatic N) is 1. The van der Waals surface area contributed by atoms with Crippen molar-refractivity contribution in [1.29, 1.82) is 0 Å². The van der Waals surface area contributed by atoms with Gasteiger partial charge in [-0.3, -0.25) is 4.79 Å². The van der Waals surface area contributed by atoms with E-state index < -0.39 is 11.4 Å². The summed E-state index contributed by atoms with van der Waals surface area (Å²) in [7, 11) is 0. The van der Waals surface area contributed by atoms with Crippen LogP contribution in [0.1, 0.15) is 36.9 Å². The lowest BCUT2D eigenvalue weighted by Gasteiger charge is -2.22. The molecule has 0 spiro atoms. The van der Waals surface area contributed by atoms with Crippen LogP contribution in [0.15, 0.2) is 5.38 Å². The number of carbonyl (C=O) groups is 1. The van der Waals surface area contributed by atoms with Crippen molar-refractivity contribution in [1.82, 2.24) is 4.98 Å². The minimum atomic E-state index is -0.648. The molecule has 1 fully saturated rings. The average molecular weight is 239 g/mol. The van der Waals surface area contributed by atoms with Crippen LogP contribution in [0.25, 0.3) is 0 Å². The summed E-state index contributed by atoms with van der Waals surface area (Å²) in [5.41, 5.74) is 0.440. The van der Waals surface area contributed by atoms with Crippen molar-refractivity contribution < 1.29 is 9.90 Å². The van der Waals surface area contributed by atoms with Gasteiger partial charge in [0.2, 0.25) is 0 Å². The Labute approximate surface area is 99.5 Å². The summed E-state index contributed by atoms with van der Waals surface area (Å²) in [5, 5.41) is 12.4. The van der Waals surface area contributed by atoms with Crippen molar-refractivity contribution in [3.05, 3.63) is 16.1 Å². The standard InChI is InChI=1S/C12H17NO2S/c1-8-3-4-12(5-8,11(14)15)6-10-13-9(2)7-16-10/h7-8H,3-6H2,1-2H3,(H,14,15). The first-order valence-electron chi connectivity index (χ1n) is 5.66. The maximum Gasteiger partial charge on any atom is 0.310 e. The number of thiazole rings is 1. The van der Waals surface area contributed by atoms with Gasteiger partial charge in [0.15, 0.2) is 0 Å². The van der Waals surface area contributed by atoms with Gasteiger partial charge in [-0.2, -0.15) is 0 Å². The van der Waals surface area contributed by atoms with Crippen LogP contribution in [0.5, 0.6) is 0 Å². The van der Waals surface area contributed by atoms with E-state index in [2.05, 4.69) is 11.9 Å². The van der Waals surface area contributed by atoms with Gasteiger partial charge < -0.3 is 5.11 Å². The fraction of sp³-hybridized carbons (Fsp3) is 0.667. The lowest BCUT2D eigenvalue weighted by Crippen LogP contribution is -2.30. The fourth-order valence-electron chi connectivity index (χ4n) is 2.60. The van der Waals surface area contributed by atoms with Gasteiger partial charge in [0.05, 0.1) is 10.4 Å². The molecule has 0 aliphatic heterocycles. The zero-order chi connectivity index (χ0) is 11.8. The first-order chi connectivity index (χ1) is 7.52. The molecule has 2 unspecified atom stereocenters. The lowest BCUT2D eigenvalue weighted by molar-refractivity contribution is -0.148. The van der Waals surface area contributed by atoms with Gasteiger partial charge >= 0.3 is 5.97 Å². The van der Waals surface area contributed by atoms with Crippen LogP contribution in [0, 0.1) is 18.3 Å². The topological polar surface area (TPSA) is 50.2 Å². The van der Waals surface area contributed by atoms with Crippen molar-refractivity contribution in [3.63, 3.8) is 0 Å². The van der Waals surface area contributed by atoms with Gasteiger partial charge in [-0.25, -0.2) is 4.98 Å². The molecule has 1 aromatic rings. The summed E-state index contributed by atoms with van der Waals surface area (Å²) in [6, 6.07) is 0. The van der Waals surface area contributed by atoms with Crippen molar-refractivity contribution >= 4 is 17.3 Å². The van der Waals surface area contributed by atoms with E-state index in [-0.39, 0.29) is 0 Å². The van der Waals surface area contributed by atoms with Crippen LogP contribution in [-0.2, 0) is 11.2 Å². The minimum absolute atomic E-state index is 0.525. The molecule has 88 valence electrons. The highest BCUT2D eigenvalue weighted by atomic mass is 32.1. The Morgan fingerprint density at radius 1 is 1.75 bits per heavy atom. The van der Waals surface area contributed by atoms with Gasteiger partial charge in [-0.15, -0.1) is 11.3 Å². The molecule has 16 heavy (non-hydrogen) atoms. The lowest BCUT2D eigenvalue weighted by atomic mass is 9.82. The molecule has 0 saturated heterocycles. The molecule has 0 bridgehead atoms. The first-order valence-corrected chi connectivity index (χ1v) is 6.54. The Morgan fingerprint density at radius 3 is 2.94 bits per heavy atom.